The molecule has 10 heteroatoms. The highest BCUT2D eigenvalue weighted by Gasteiger charge is 2.06. The topological polar surface area (TPSA) is 105 Å². The van der Waals surface area contributed by atoms with E-state index < -0.39 is 0 Å². The van der Waals surface area contributed by atoms with Gasteiger partial charge in [-0.25, -0.2) is 9.56 Å². The minimum atomic E-state index is 0.0472. The van der Waals surface area contributed by atoms with Crippen LogP contribution in [0.1, 0.15) is 16.7 Å². The van der Waals surface area contributed by atoms with E-state index in [1.54, 1.807) is 0 Å². The summed E-state index contributed by atoms with van der Waals surface area (Å²) in [6.45, 7) is 7.94. The molecule has 256 valence electrons. The number of aliphatic hydroxyl groups excluding tert-OH is 4. The van der Waals surface area contributed by atoms with Gasteiger partial charge in [-0.1, -0.05) is 82.8 Å². The van der Waals surface area contributed by atoms with Crippen LogP contribution in [0.3, 0.4) is 0 Å². The lowest BCUT2D eigenvalue weighted by Crippen LogP contribution is -2.69. The summed E-state index contributed by atoms with van der Waals surface area (Å²) in [4.78, 5) is 7.28. The molecule has 48 heavy (non-hydrogen) atoms. The zero-order valence-electron chi connectivity index (χ0n) is 27.6. The molecule has 0 amide bonds. The minimum absolute atomic E-state index is 0.0472. The van der Waals surface area contributed by atoms with Gasteiger partial charge in [0.2, 0.25) is 0 Å². The van der Waals surface area contributed by atoms with Gasteiger partial charge in [0.15, 0.2) is 31.7 Å². The first kappa shape index (κ1) is 38.8. The Balaban J connectivity index is 1.33. The van der Waals surface area contributed by atoms with Crippen molar-refractivity contribution in [1.82, 2.24) is 0 Å². The number of aromatic nitrogens is 1. The van der Waals surface area contributed by atoms with Crippen LogP contribution in [0.2, 0.25) is 0 Å². The van der Waals surface area contributed by atoms with E-state index in [2.05, 4.69) is 52.8 Å². The van der Waals surface area contributed by atoms with E-state index >= 15 is 0 Å². The standard InChI is InChI=1S/C38H49N4O4S2/c1-2-33(3-4-34-7-11-37(12-8-34)41(22-27-43)23-28-44)15-18-39-19-31-47-48-32-26-40-20-16-36(17-21-40)6-5-35-9-13-38(14-10-35)42(24-29-45)25-30-46/h2-18,20-21,43-46H,1,19,22-32H2/q+1/p+1/b4-3+,33-15+,39-18?. The van der Waals surface area contributed by atoms with Gasteiger partial charge in [0.25, 0.3) is 0 Å². The summed E-state index contributed by atoms with van der Waals surface area (Å²) in [5, 5.41) is 37.0. The van der Waals surface area contributed by atoms with E-state index in [9.17, 15) is 20.4 Å². The van der Waals surface area contributed by atoms with Gasteiger partial charge in [0, 0.05) is 55.8 Å². The Hall–Kier alpha value is -3.64. The van der Waals surface area contributed by atoms with Gasteiger partial charge < -0.3 is 30.2 Å². The zero-order valence-corrected chi connectivity index (χ0v) is 29.2. The molecule has 3 rings (SSSR count). The number of rotatable bonds is 23. The number of hydrogen-bond donors (Lipinski definition) is 5. The van der Waals surface area contributed by atoms with E-state index in [1.807, 2.05) is 110 Å². The summed E-state index contributed by atoms with van der Waals surface area (Å²) in [5.41, 5.74) is 6.27. The van der Waals surface area contributed by atoms with Crippen molar-refractivity contribution in [3.63, 3.8) is 0 Å². The van der Waals surface area contributed by atoms with Crippen molar-refractivity contribution in [2.75, 3.05) is 80.5 Å². The number of nitrogens with one attached hydrogen (secondary N) is 1. The van der Waals surface area contributed by atoms with Gasteiger partial charge in [-0.05, 0) is 46.5 Å². The van der Waals surface area contributed by atoms with Crippen molar-refractivity contribution < 1.29 is 30.0 Å². The third-order valence-electron chi connectivity index (χ3n) is 7.32. The zero-order chi connectivity index (χ0) is 34.2. The summed E-state index contributed by atoms with van der Waals surface area (Å²) in [6, 6.07) is 20.4. The van der Waals surface area contributed by atoms with Crippen LogP contribution in [-0.4, -0.2) is 97.3 Å². The first-order chi connectivity index (χ1) is 23.6. The molecule has 0 saturated carbocycles. The first-order valence-corrected chi connectivity index (χ1v) is 18.7. The van der Waals surface area contributed by atoms with Crippen molar-refractivity contribution in [1.29, 1.82) is 0 Å². The number of pyridine rings is 1. The predicted octanol–water partition coefficient (Wildman–Crippen LogP) is 3.09. The normalized spacial score (nSPS) is 12.0. The second-order valence-corrected chi connectivity index (χ2v) is 13.4. The van der Waals surface area contributed by atoms with Crippen LogP contribution in [0.4, 0.5) is 11.4 Å². The van der Waals surface area contributed by atoms with Crippen molar-refractivity contribution in [3.05, 3.63) is 120 Å². The van der Waals surface area contributed by atoms with E-state index in [4.69, 9.17) is 0 Å². The molecule has 0 aliphatic rings. The van der Waals surface area contributed by atoms with Gasteiger partial charge in [-0.2, -0.15) is 0 Å². The van der Waals surface area contributed by atoms with E-state index in [0.29, 0.717) is 26.2 Å². The molecule has 0 atom stereocenters. The first-order valence-electron chi connectivity index (χ1n) is 16.2. The molecular formula is C38H50N4O4S2+2. The Kier molecular flexibility index (Phi) is 19.1. The second kappa shape index (κ2) is 23.6. The van der Waals surface area contributed by atoms with E-state index in [0.717, 1.165) is 58.2 Å². The van der Waals surface area contributed by atoms with Crippen LogP contribution in [0.25, 0.3) is 18.2 Å². The van der Waals surface area contributed by atoms with Gasteiger partial charge >= 0.3 is 0 Å². The Labute approximate surface area is 293 Å². The molecule has 1 heterocycles. The molecule has 0 fully saturated rings. The molecule has 1 aromatic heterocycles. The molecule has 0 bridgehead atoms. The number of anilines is 2. The van der Waals surface area contributed by atoms with Crippen molar-refractivity contribution >= 4 is 57.4 Å². The number of aryl methyl sites for hydroxylation is 1. The number of benzene rings is 2. The molecule has 5 N–H and O–H groups in total. The average molecular weight is 691 g/mol. The largest absolute Gasteiger partial charge is 0.395 e. The highest BCUT2D eigenvalue weighted by Crippen LogP contribution is 2.20. The van der Waals surface area contributed by atoms with Crippen molar-refractivity contribution in [2.24, 2.45) is 0 Å². The Bertz CT molecular complexity index is 1430. The fourth-order valence-corrected chi connectivity index (χ4v) is 6.62. The summed E-state index contributed by atoms with van der Waals surface area (Å²) < 4.78 is 2.20. The lowest BCUT2D eigenvalue weighted by molar-refractivity contribution is -0.692. The van der Waals surface area contributed by atoms with E-state index in [-0.39, 0.29) is 26.4 Å². The highest BCUT2D eigenvalue weighted by atomic mass is 33.1. The maximum Gasteiger partial charge on any atom is 0.169 e. The molecule has 8 nitrogen and oxygen atoms in total. The number of nitrogens with zero attached hydrogens (tertiary/aromatic N) is 3. The smallest absolute Gasteiger partial charge is 0.169 e. The molecule has 0 spiro atoms. The lowest BCUT2D eigenvalue weighted by atomic mass is 10.1. The molecule has 0 radical (unpaired) electrons. The van der Waals surface area contributed by atoms with Crippen LogP contribution in [-0.2, 0) is 6.54 Å². The summed E-state index contributed by atoms with van der Waals surface area (Å²) in [5.74, 6) is 2.03. The number of hydrogen-bond acceptors (Lipinski definition) is 8. The fourth-order valence-electron chi connectivity index (χ4n) is 4.72. The average Bonchev–Trinajstić information content (AvgIpc) is 3.12. The van der Waals surface area contributed by atoms with Gasteiger partial charge in [-0.3, -0.25) is 0 Å². The predicted molar refractivity (Wildman–Crippen MR) is 205 cm³/mol. The van der Waals surface area contributed by atoms with Crippen molar-refractivity contribution in [3.8, 4) is 0 Å². The van der Waals surface area contributed by atoms with Crippen LogP contribution in [0, 0.1) is 0 Å². The van der Waals surface area contributed by atoms with Crippen LogP contribution in [0.15, 0.2) is 103 Å². The van der Waals surface area contributed by atoms with Gasteiger partial charge in [0.1, 0.15) is 0 Å². The van der Waals surface area contributed by atoms with Crippen LogP contribution in [0.5, 0.6) is 0 Å². The summed E-state index contributed by atoms with van der Waals surface area (Å²) in [6.07, 6.45) is 18.3. The molecule has 0 aliphatic heterocycles. The molecule has 2 aromatic carbocycles. The Morgan fingerprint density at radius 2 is 1.15 bits per heavy atom. The number of allylic oxidation sites excluding steroid dienone is 4. The number of aliphatic hydroxyl groups is 4. The molecule has 0 saturated heterocycles. The second-order valence-electron chi connectivity index (χ2n) is 10.7. The third kappa shape index (κ3) is 14.6. The minimum Gasteiger partial charge on any atom is -0.395 e. The molecular weight excluding hydrogens is 641 g/mol. The maximum absolute atomic E-state index is 9.25. The third-order valence-corrected chi connectivity index (χ3v) is 9.71. The SMILES string of the molecule is C=CC(/C=C/c1ccc(N(CCO)CCO)cc1)=C\C=[NH+]CCSSCC[n+]1ccc(/C=C/c2ccc(N(CCO)CCO)cc2)cc1. The Morgan fingerprint density at radius 1 is 0.667 bits per heavy atom. The quantitative estimate of drug-likeness (QED) is 0.0340. The van der Waals surface area contributed by atoms with Gasteiger partial charge in [-0.15, -0.1) is 0 Å². The monoisotopic (exact) mass is 690 g/mol. The highest BCUT2D eigenvalue weighted by molar-refractivity contribution is 8.76. The van der Waals surface area contributed by atoms with Gasteiger partial charge in [0.05, 0.1) is 37.9 Å². The van der Waals surface area contributed by atoms with Crippen LogP contribution >= 0.6 is 21.6 Å². The molecule has 3 aromatic rings. The Morgan fingerprint density at radius 3 is 1.65 bits per heavy atom. The molecule has 0 aliphatic carbocycles. The fraction of sp³-hybridized carbons (Fsp3) is 0.316. The van der Waals surface area contributed by atoms with Crippen LogP contribution < -0.4 is 19.4 Å². The van der Waals surface area contributed by atoms with Crippen molar-refractivity contribution in [2.45, 2.75) is 6.54 Å². The van der Waals surface area contributed by atoms with E-state index in [1.165, 1.54) is 0 Å². The maximum atomic E-state index is 9.25. The molecule has 0 unspecified atom stereocenters. The lowest BCUT2D eigenvalue weighted by Gasteiger charge is -2.22. The summed E-state index contributed by atoms with van der Waals surface area (Å²) in [7, 11) is 3.74. The summed E-state index contributed by atoms with van der Waals surface area (Å²) >= 11 is 0.